The summed E-state index contributed by atoms with van der Waals surface area (Å²) in [5, 5.41) is 3.08. The molecule has 2 amide bonds. The van der Waals surface area contributed by atoms with Crippen LogP contribution in [0.15, 0.2) is 54.6 Å². The monoisotopic (exact) mass is 322 g/mol. The zero-order chi connectivity index (χ0) is 16.9. The molecule has 1 saturated heterocycles. The van der Waals surface area contributed by atoms with Crippen LogP contribution in [0.1, 0.15) is 29.6 Å². The molecule has 1 atom stereocenters. The van der Waals surface area contributed by atoms with Crippen molar-refractivity contribution in [2.75, 3.05) is 13.6 Å². The maximum Gasteiger partial charge on any atom is 0.251 e. The highest BCUT2D eigenvalue weighted by Gasteiger charge is 2.21. The van der Waals surface area contributed by atoms with Crippen LogP contribution in [0.3, 0.4) is 0 Å². The van der Waals surface area contributed by atoms with E-state index in [1.54, 1.807) is 4.90 Å². The summed E-state index contributed by atoms with van der Waals surface area (Å²) in [6, 6.07) is 17.7. The predicted molar refractivity (Wildman–Crippen MR) is 94.6 cm³/mol. The topological polar surface area (TPSA) is 49.4 Å². The first-order valence-corrected chi connectivity index (χ1v) is 8.34. The lowest BCUT2D eigenvalue weighted by Crippen LogP contribution is -2.35. The SMILES string of the molecule is CN1CCC(NC(=O)c2cccc(-c3ccccc3)c2)CCC1=O. The molecule has 1 heterocycles. The van der Waals surface area contributed by atoms with Gasteiger partial charge >= 0.3 is 0 Å². The Balaban J connectivity index is 1.70. The Morgan fingerprint density at radius 3 is 2.58 bits per heavy atom. The molecule has 24 heavy (non-hydrogen) atoms. The number of carbonyl (C=O) groups excluding carboxylic acids is 2. The van der Waals surface area contributed by atoms with Crippen molar-refractivity contribution in [2.24, 2.45) is 0 Å². The van der Waals surface area contributed by atoms with Crippen LogP contribution < -0.4 is 5.32 Å². The third kappa shape index (κ3) is 3.82. The van der Waals surface area contributed by atoms with Gasteiger partial charge in [0.15, 0.2) is 0 Å². The van der Waals surface area contributed by atoms with Crippen molar-refractivity contribution in [2.45, 2.75) is 25.3 Å². The highest BCUT2D eigenvalue weighted by molar-refractivity contribution is 5.95. The second kappa shape index (κ2) is 7.30. The summed E-state index contributed by atoms with van der Waals surface area (Å²) in [5.74, 6) is 0.0765. The Hall–Kier alpha value is -2.62. The van der Waals surface area contributed by atoms with Gasteiger partial charge in [-0.25, -0.2) is 0 Å². The predicted octanol–water partition coefficient (Wildman–Crippen LogP) is 3.09. The lowest BCUT2D eigenvalue weighted by Gasteiger charge is -2.17. The number of hydrogen-bond donors (Lipinski definition) is 1. The summed E-state index contributed by atoms with van der Waals surface area (Å²) in [4.78, 5) is 26.0. The molecule has 1 fully saturated rings. The quantitative estimate of drug-likeness (QED) is 0.944. The molecule has 4 nitrogen and oxygen atoms in total. The van der Waals surface area contributed by atoms with Crippen LogP contribution in [0, 0.1) is 0 Å². The van der Waals surface area contributed by atoms with E-state index in [1.807, 2.05) is 61.6 Å². The fraction of sp³-hybridized carbons (Fsp3) is 0.300. The number of nitrogens with zero attached hydrogens (tertiary/aromatic N) is 1. The van der Waals surface area contributed by atoms with Gasteiger partial charge in [-0.05, 0) is 36.1 Å². The summed E-state index contributed by atoms with van der Waals surface area (Å²) < 4.78 is 0. The molecule has 4 heteroatoms. The molecule has 0 aliphatic carbocycles. The fourth-order valence-corrected chi connectivity index (χ4v) is 2.99. The first-order valence-electron chi connectivity index (χ1n) is 8.34. The van der Waals surface area contributed by atoms with Crippen molar-refractivity contribution in [1.82, 2.24) is 10.2 Å². The van der Waals surface area contributed by atoms with Crippen molar-refractivity contribution in [3.05, 3.63) is 60.2 Å². The Labute approximate surface area is 142 Å². The average molecular weight is 322 g/mol. The molecule has 2 aromatic carbocycles. The van der Waals surface area contributed by atoms with Gasteiger partial charge in [0.2, 0.25) is 5.91 Å². The van der Waals surface area contributed by atoms with Crippen molar-refractivity contribution in [3.8, 4) is 11.1 Å². The summed E-state index contributed by atoms with van der Waals surface area (Å²) in [5.41, 5.74) is 2.77. The number of amides is 2. The third-order valence-electron chi connectivity index (χ3n) is 4.51. The molecule has 0 saturated carbocycles. The van der Waals surface area contributed by atoms with Gasteiger partial charge < -0.3 is 10.2 Å². The molecule has 2 aromatic rings. The highest BCUT2D eigenvalue weighted by Crippen LogP contribution is 2.20. The molecule has 0 bridgehead atoms. The molecule has 0 aromatic heterocycles. The fourth-order valence-electron chi connectivity index (χ4n) is 2.99. The van der Waals surface area contributed by atoms with Gasteiger partial charge in [0, 0.05) is 31.6 Å². The molecule has 0 radical (unpaired) electrons. The molecular weight excluding hydrogens is 300 g/mol. The average Bonchev–Trinajstić information content (AvgIpc) is 2.78. The van der Waals surface area contributed by atoms with E-state index in [2.05, 4.69) is 5.32 Å². The molecule has 124 valence electrons. The van der Waals surface area contributed by atoms with Crippen LogP contribution in [0.2, 0.25) is 0 Å². The number of benzene rings is 2. The van der Waals surface area contributed by atoms with Gasteiger partial charge in [0.25, 0.3) is 5.91 Å². The zero-order valence-corrected chi connectivity index (χ0v) is 13.9. The van der Waals surface area contributed by atoms with Gasteiger partial charge in [0.05, 0.1) is 0 Å². The Morgan fingerprint density at radius 1 is 1.04 bits per heavy atom. The van der Waals surface area contributed by atoms with Crippen LogP contribution in [0.25, 0.3) is 11.1 Å². The third-order valence-corrected chi connectivity index (χ3v) is 4.51. The highest BCUT2D eigenvalue weighted by atomic mass is 16.2. The number of hydrogen-bond acceptors (Lipinski definition) is 2. The first kappa shape index (κ1) is 16.2. The van der Waals surface area contributed by atoms with E-state index >= 15 is 0 Å². The molecule has 1 aliphatic heterocycles. The van der Waals surface area contributed by atoms with Crippen LogP contribution in [-0.2, 0) is 4.79 Å². The molecule has 1 aliphatic rings. The van der Waals surface area contributed by atoms with E-state index in [-0.39, 0.29) is 17.9 Å². The van der Waals surface area contributed by atoms with E-state index in [0.29, 0.717) is 24.9 Å². The molecule has 1 unspecified atom stereocenters. The minimum atomic E-state index is -0.0743. The Bertz CT molecular complexity index is 727. The van der Waals surface area contributed by atoms with E-state index in [1.165, 1.54) is 0 Å². The standard InChI is InChI=1S/C20H22N2O2/c1-22-13-12-18(10-11-19(22)23)21-20(24)17-9-5-8-16(14-17)15-6-3-2-4-7-15/h2-9,14,18H,10-13H2,1H3,(H,21,24). The first-order chi connectivity index (χ1) is 11.6. The Morgan fingerprint density at radius 2 is 1.79 bits per heavy atom. The van der Waals surface area contributed by atoms with Crippen LogP contribution >= 0.6 is 0 Å². The van der Waals surface area contributed by atoms with Gasteiger partial charge in [-0.15, -0.1) is 0 Å². The van der Waals surface area contributed by atoms with Crippen LogP contribution in [-0.4, -0.2) is 36.3 Å². The van der Waals surface area contributed by atoms with Crippen LogP contribution in [0.5, 0.6) is 0 Å². The maximum absolute atomic E-state index is 12.6. The van der Waals surface area contributed by atoms with E-state index in [0.717, 1.165) is 17.5 Å². The van der Waals surface area contributed by atoms with E-state index < -0.39 is 0 Å². The van der Waals surface area contributed by atoms with Crippen molar-refractivity contribution in [1.29, 1.82) is 0 Å². The summed E-state index contributed by atoms with van der Waals surface area (Å²) in [6.07, 6.45) is 1.99. The maximum atomic E-state index is 12.6. The van der Waals surface area contributed by atoms with Crippen molar-refractivity contribution in [3.63, 3.8) is 0 Å². The number of nitrogens with one attached hydrogen (secondary N) is 1. The normalized spacial score (nSPS) is 18.1. The zero-order valence-electron chi connectivity index (χ0n) is 13.9. The number of rotatable bonds is 3. The second-order valence-corrected chi connectivity index (χ2v) is 6.26. The lowest BCUT2D eigenvalue weighted by atomic mass is 10.0. The number of carbonyl (C=O) groups is 2. The molecule has 0 spiro atoms. The largest absolute Gasteiger partial charge is 0.349 e. The summed E-state index contributed by atoms with van der Waals surface area (Å²) in [6.45, 7) is 0.688. The molecule has 3 rings (SSSR count). The van der Waals surface area contributed by atoms with Crippen molar-refractivity contribution >= 4 is 11.8 Å². The van der Waals surface area contributed by atoms with E-state index in [9.17, 15) is 9.59 Å². The van der Waals surface area contributed by atoms with Gasteiger partial charge in [-0.3, -0.25) is 9.59 Å². The van der Waals surface area contributed by atoms with Crippen LogP contribution in [0.4, 0.5) is 0 Å². The summed E-state index contributed by atoms with van der Waals surface area (Å²) in [7, 11) is 1.82. The smallest absolute Gasteiger partial charge is 0.251 e. The van der Waals surface area contributed by atoms with Crippen molar-refractivity contribution < 1.29 is 9.59 Å². The van der Waals surface area contributed by atoms with Gasteiger partial charge in [-0.2, -0.15) is 0 Å². The molecular formula is C20H22N2O2. The van der Waals surface area contributed by atoms with Gasteiger partial charge in [-0.1, -0.05) is 42.5 Å². The minimum Gasteiger partial charge on any atom is -0.349 e. The summed E-state index contributed by atoms with van der Waals surface area (Å²) >= 11 is 0. The molecule has 1 N–H and O–H groups in total. The van der Waals surface area contributed by atoms with E-state index in [4.69, 9.17) is 0 Å². The number of likely N-dealkylation sites (tertiary alicyclic amines) is 1. The second-order valence-electron chi connectivity index (χ2n) is 6.26. The van der Waals surface area contributed by atoms with Gasteiger partial charge in [0.1, 0.15) is 0 Å². The minimum absolute atomic E-state index is 0.0479. The Kier molecular flexibility index (Phi) is 4.94. The lowest BCUT2D eigenvalue weighted by molar-refractivity contribution is -0.129.